The van der Waals surface area contributed by atoms with Gasteiger partial charge in [-0.2, -0.15) is 0 Å². The molecule has 0 aliphatic carbocycles. The third-order valence-corrected chi connectivity index (χ3v) is 3.00. The lowest BCUT2D eigenvalue weighted by molar-refractivity contribution is 0.277. The molecule has 1 heterocycles. The molecular weight excluding hydrogens is 210 g/mol. The van der Waals surface area contributed by atoms with E-state index in [9.17, 15) is 0 Å². The van der Waals surface area contributed by atoms with E-state index in [4.69, 9.17) is 16.3 Å². The zero-order valence-electron chi connectivity index (χ0n) is 8.92. The molecule has 1 aromatic rings. The van der Waals surface area contributed by atoms with Crippen LogP contribution in [-0.2, 0) is 0 Å². The molecule has 0 unspecified atom stereocenters. The summed E-state index contributed by atoms with van der Waals surface area (Å²) >= 11 is 6.04. The highest BCUT2D eigenvalue weighted by Gasteiger charge is 2.14. The highest BCUT2D eigenvalue weighted by molar-refractivity contribution is 6.32. The maximum atomic E-state index is 6.04. The summed E-state index contributed by atoms with van der Waals surface area (Å²) < 4.78 is 5.71. The van der Waals surface area contributed by atoms with Gasteiger partial charge in [0.15, 0.2) is 0 Å². The van der Waals surface area contributed by atoms with Crippen molar-refractivity contribution in [2.45, 2.75) is 25.8 Å². The first-order valence-corrected chi connectivity index (χ1v) is 5.76. The quantitative estimate of drug-likeness (QED) is 0.854. The molecule has 2 nitrogen and oxygen atoms in total. The van der Waals surface area contributed by atoms with Gasteiger partial charge >= 0.3 is 0 Å². The van der Waals surface area contributed by atoms with Crippen molar-refractivity contribution in [3.63, 3.8) is 0 Å². The van der Waals surface area contributed by atoms with Crippen molar-refractivity contribution in [1.29, 1.82) is 0 Å². The van der Waals surface area contributed by atoms with Gasteiger partial charge in [0.2, 0.25) is 0 Å². The smallest absolute Gasteiger partial charge is 0.138 e. The van der Waals surface area contributed by atoms with E-state index >= 15 is 0 Å². The average molecular weight is 226 g/mol. The Hall–Kier alpha value is -0.730. The number of ether oxygens (including phenoxy) is 1. The fourth-order valence-corrected chi connectivity index (χ4v) is 1.98. The number of aryl methyl sites for hydroxylation is 1. The van der Waals surface area contributed by atoms with Crippen molar-refractivity contribution < 1.29 is 4.74 Å². The zero-order valence-corrected chi connectivity index (χ0v) is 9.68. The summed E-state index contributed by atoms with van der Waals surface area (Å²) in [7, 11) is 0. The van der Waals surface area contributed by atoms with Gasteiger partial charge in [0.05, 0.1) is 5.02 Å². The van der Waals surface area contributed by atoms with Gasteiger partial charge < -0.3 is 10.1 Å². The fraction of sp³-hybridized carbons (Fsp3) is 0.500. The van der Waals surface area contributed by atoms with Crippen molar-refractivity contribution in [3.05, 3.63) is 28.8 Å². The molecular formula is C12H16ClNO. The van der Waals surface area contributed by atoms with Crippen LogP contribution in [0.2, 0.25) is 5.02 Å². The molecule has 15 heavy (non-hydrogen) atoms. The normalized spacial score (nSPS) is 20.5. The Morgan fingerprint density at radius 3 is 3.13 bits per heavy atom. The molecule has 1 fully saturated rings. The summed E-state index contributed by atoms with van der Waals surface area (Å²) in [6.07, 6.45) is 2.44. The van der Waals surface area contributed by atoms with Gasteiger partial charge in [-0.15, -0.1) is 0 Å². The van der Waals surface area contributed by atoms with Crippen molar-refractivity contribution >= 4 is 11.6 Å². The van der Waals surface area contributed by atoms with E-state index in [1.807, 2.05) is 25.1 Å². The van der Waals surface area contributed by atoms with Gasteiger partial charge in [0, 0.05) is 6.04 Å². The molecule has 0 saturated carbocycles. The van der Waals surface area contributed by atoms with E-state index in [2.05, 4.69) is 5.32 Å². The third-order valence-electron chi connectivity index (χ3n) is 2.69. The molecule has 1 aliphatic rings. The maximum absolute atomic E-state index is 6.04. The Morgan fingerprint density at radius 2 is 2.40 bits per heavy atom. The van der Waals surface area contributed by atoms with E-state index < -0.39 is 0 Å². The molecule has 1 atom stereocenters. The van der Waals surface area contributed by atoms with Crippen LogP contribution in [0.5, 0.6) is 5.75 Å². The maximum Gasteiger partial charge on any atom is 0.138 e. The highest BCUT2D eigenvalue weighted by Crippen LogP contribution is 2.25. The molecule has 2 rings (SSSR count). The number of hydrogen-bond acceptors (Lipinski definition) is 2. The van der Waals surface area contributed by atoms with E-state index in [-0.39, 0.29) is 0 Å². The Bertz CT molecular complexity index is 334. The van der Waals surface area contributed by atoms with Crippen LogP contribution in [0.3, 0.4) is 0 Å². The SMILES string of the molecule is Cc1ccc(Cl)c(OC[C@H]2CCCN2)c1. The Kier molecular flexibility index (Phi) is 3.49. The van der Waals surface area contributed by atoms with Gasteiger partial charge in [-0.1, -0.05) is 17.7 Å². The van der Waals surface area contributed by atoms with Crippen molar-refractivity contribution in [2.75, 3.05) is 13.2 Å². The topological polar surface area (TPSA) is 21.3 Å². The van der Waals surface area contributed by atoms with Gasteiger partial charge in [-0.05, 0) is 44.0 Å². The second-order valence-corrected chi connectivity index (χ2v) is 4.45. The molecule has 0 amide bonds. The standard InChI is InChI=1S/C12H16ClNO/c1-9-4-5-11(13)12(7-9)15-8-10-3-2-6-14-10/h4-5,7,10,14H,2-3,6,8H2,1H3/t10-/m1/s1. The first kappa shape index (κ1) is 10.8. The van der Waals surface area contributed by atoms with E-state index in [0.717, 1.165) is 12.3 Å². The van der Waals surface area contributed by atoms with Crippen LogP contribution in [0.15, 0.2) is 18.2 Å². The molecule has 0 spiro atoms. The molecule has 1 aliphatic heterocycles. The summed E-state index contributed by atoms with van der Waals surface area (Å²) in [5.74, 6) is 0.797. The van der Waals surface area contributed by atoms with Gasteiger partial charge in [-0.25, -0.2) is 0 Å². The first-order valence-electron chi connectivity index (χ1n) is 5.38. The summed E-state index contributed by atoms with van der Waals surface area (Å²) in [6.45, 7) is 3.86. The van der Waals surface area contributed by atoms with Crippen LogP contribution in [-0.4, -0.2) is 19.2 Å². The van der Waals surface area contributed by atoms with Crippen molar-refractivity contribution in [2.24, 2.45) is 0 Å². The summed E-state index contributed by atoms with van der Waals surface area (Å²) in [5, 5.41) is 4.09. The Labute approximate surface area is 95.6 Å². The Balaban J connectivity index is 1.94. The minimum absolute atomic E-state index is 0.488. The van der Waals surface area contributed by atoms with Crippen molar-refractivity contribution in [1.82, 2.24) is 5.32 Å². The van der Waals surface area contributed by atoms with E-state index in [1.165, 1.54) is 18.4 Å². The number of nitrogens with one attached hydrogen (secondary N) is 1. The number of benzene rings is 1. The third kappa shape index (κ3) is 2.86. The van der Waals surface area contributed by atoms with Gasteiger partial charge in [-0.3, -0.25) is 0 Å². The first-order chi connectivity index (χ1) is 7.25. The predicted octanol–water partition coefficient (Wildman–Crippen LogP) is 2.78. The summed E-state index contributed by atoms with van der Waals surface area (Å²) in [6, 6.07) is 6.34. The van der Waals surface area contributed by atoms with Crippen LogP contribution in [0.25, 0.3) is 0 Å². The van der Waals surface area contributed by atoms with E-state index in [0.29, 0.717) is 17.7 Å². The number of hydrogen-bond donors (Lipinski definition) is 1. The lowest BCUT2D eigenvalue weighted by Crippen LogP contribution is -2.28. The molecule has 1 N–H and O–H groups in total. The predicted molar refractivity (Wildman–Crippen MR) is 62.7 cm³/mol. The highest BCUT2D eigenvalue weighted by atomic mass is 35.5. The second-order valence-electron chi connectivity index (χ2n) is 4.04. The molecule has 0 radical (unpaired) electrons. The van der Waals surface area contributed by atoms with Gasteiger partial charge in [0.25, 0.3) is 0 Å². The molecule has 0 aromatic heterocycles. The van der Waals surface area contributed by atoms with Gasteiger partial charge in [0.1, 0.15) is 12.4 Å². The molecule has 1 saturated heterocycles. The monoisotopic (exact) mass is 225 g/mol. The lowest BCUT2D eigenvalue weighted by Gasteiger charge is -2.13. The minimum Gasteiger partial charge on any atom is -0.490 e. The summed E-state index contributed by atoms with van der Waals surface area (Å²) in [5.41, 5.74) is 1.17. The van der Waals surface area contributed by atoms with Crippen LogP contribution < -0.4 is 10.1 Å². The summed E-state index contributed by atoms with van der Waals surface area (Å²) in [4.78, 5) is 0. The number of rotatable bonds is 3. The van der Waals surface area contributed by atoms with Crippen molar-refractivity contribution in [3.8, 4) is 5.75 Å². The van der Waals surface area contributed by atoms with Crippen LogP contribution in [0, 0.1) is 6.92 Å². The minimum atomic E-state index is 0.488. The fourth-order valence-electron chi connectivity index (χ4n) is 1.81. The second kappa shape index (κ2) is 4.86. The Morgan fingerprint density at radius 1 is 1.53 bits per heavy atom. The average Bonchev–Trinajstić information content (AvgIpc) is 2.72. The zero-order chi connectivity index (χ0) is 10.7. The van der Waals surface area contributed by atoms with Crippen LogP contribution in [0.1, 0.15) is 18.4 Å². The number of halogens is 1. The largest absolute Gasteiger partial charge is 0.490 e. The molecule has 3 heteroatoms. The lowest BCUT2D eigenvalue weighted by atomic mass is 10.2. The molecule has 82 valence electrons. The van der Waals surface area contributed by atoms with Crippen LogP contribution >= 0.6 is 11.6 Å². The molecule has 1 aromatic carbocycles. The van der Waals surface area contributed by atoms with E-state index in [1.54, 1.807) is 0 Å². The molecule has 0 bridgehead atoms. The van der Waals surface area contributed by atoms with Crippen LogP contribution in [0.4, 0.5) is 0 Å².